The zero-order chi connectivity index (χ0) is 18.0. The van der Waals surface area contributed by atoms with E-state index in [9.17, 15) is 4.79 Å². The normalized spacial score (nSPS) is 18.4. The molecule has 0 N–H and O–H groups in total. The van der Waals surface area contributed by atoms with Crippen molar-refractivity contribution in [2.75, 3.05) is 13.1 Å². The van der Waals surface area contributed by atoms with E-state index in [4.69, 9.17) is 0 Å². The molecule has 0 aromatic carbocycles. The molecule has 0 bridgehead atoms. The number of aromatic nitrogens is 3. The number of rotatable bonds is 3. The standard InChI is InChI=1S/C19H26N4OS/c1-13-17(25-12-22-13)16-15(20-7-8-21-16)10-14-6-5-9-23(11-14)18(24)19(2,3)4/h7-8,12,14H,5-6,9-11H2,1-4H3/t14-/m1/s1. The second kappa shape index (κ2) is 7.20. The Morgan fingerprint density at radius 3 is 2.72 bits per heavy atom. The maximum absolute atomic E-state index is 12.6. The first-order chi connectivity index (χ1) is 11.9. The molecule has 0 unspecified atom stereocenters. The first-order valence-electron chi connectivity index (χ1n) is 8.86. The van der Waals surface area contributed by atoms with Gasteiger partial charge in [-0.15, -0.1) is 11.3 Å². The number of carbonyl (C=O) groups is 1. The summed E-state index contributed by atoms with van der Waals surface area (Å²) in [7, 11) is 0. The van der Waals surface area contributed by atoms with Crippen molar-refractivity contribution in [1.29, 1.82) is 0 Å². The molecular formula is C19H26N4OS. The number of nitrogens with zero attached hydrogens (tertiary/aromatic N) is 4. The Morgan fingerprint density at radius 1 is 1.28 bits per heavy atom. The Bertz CT molecular complexity index is 750. The molecule has 1 saturated heterocycles. The smallest absolute Gasteiger partial charge is 0.227 e. The third-order valence-electron chi connectivity index (χ3n) is 4.66. The lowest BCUT2D eigenvalue weighted by atomic mass is 9.89. The van der Waals surface area contributed by atoms with Crippen molar-refractivity contribution in [2.24, 2.45) is 11.3 Å². The number of aryl methyl sites for hydroxylation is 1. The Labute approximate surface area is 153 Å². The third-order valence-corrected chi connectivity index (χ3v) is 5.60. The van der Waals surface area contributed by atoms with E-state index in [-0.39, 0.29) is 11.3 Å². The second-order valence-electron chi connectivity index (χ2n) is 7.83. The summed E-state index contributed by atoms with van der Waals surface area (Å²) in [5, 5.41) is 0. The maximum atomic E-state index is 12.6. The lowest BCUT2D eigenvalue weighted by Gasteiger charge is -2.36. The quantitative estimate of drug-likeness (QED) is 0.839. The van der Waals surface area contributed by atoms with Gasteiger partial charge in [-0.2, -0.15) is 0 Å². The molecule has 1 amide bonds. The largest absolute Gasteiger partial charge is 0.342 e. The highest BCUT2D eigenvalue weighted by Gasteiger charge is 2.31. The van der Waals surface area contributed by atoms with Gasteiger partial charge in [0.25, 0.3) is 0 Å². The highest BCUT2D eigenvalue weighted by Crippen LogP contribution is 2.31. The summed E-state index contributed by atoms with van der Waals surface area (Å²) in [5.74, 6) is 0.679. The van der Waals surface area contributed by atoms with Gasteiger partial charge >= 0.3 is 0 Å². The molecule has 2 aromatic rings. The summed E-state index contributed by atoms with van der Waals surface area (Å²) < 4.78 is 0. The lowest BCUT2D eigenvalue weighted by Crippen LogP contribution is -2.45. The number of hydrogen-bond acceptors (Lipinski definition) is 5. The zero-order valence-electron chi connectivity index (χ0n) is 15.5. The van der Waals surface area contributed by atoms with Crippen LogP contribution in [-0.2, 0) is 11.2 Å². The van der Waals surface area contributed by atoms with Crippen molar-refractivity contribution in [3.63, 3.8) is 0 Å². The molecule has 6 heteroatoms. The van der Waals surface area contributed by atoms with E-state index < -0.39 is 0 Å². The van der Waals surface area contributed by atoms with Crippen LogP contribution in [0.25, 0.3) is 10.6 Å². The van der Waals surface area contributed by atoms with Gasteiger partial charge in [0.1, 0.15) is 5.69 Å². The number of amides is 1. The second-order valence-corrected chi connectivity index (χ2v) is 8.69. The summed E-state index contributed by atoms with van der Waals surface area (Å²) in [6.45, 7) is 9.67. The van der Waals surface area contributed by atoms with Crippen LogP contribution >= 0.6 is 11.3 Å². The fourth-order valence-electron chi connectivity index (χ4n) is 3.40. The van der Waals surface area contributed by atoms with Crippen molar-refractivity contribution in [1.82, 2.24) is 19.9 Å². The molecule has 0 saturated carbocycles. The molecule has 134 valence electrons. The van der Waals surface area contributed by atoms with Gasteiger partial charge in [0.2, 0.25) is 5.91 Å². The SMILES string of the molecule is Cc1ncsc1-c1nccnc1C[C@H]1CCCN(C(=O)C(C)(C)C)C1. The van der Waals surface area contributed by atoms with Crippen molar-refractivity contribution < 1.29 is 4.79 Å². The number of hydrogen-bond donors (Lipinski definition) is 0. The average molecular weight is 359 g/mol. The van der Waals surface area contributed by atoms with Crippen LogP contribution in [0.2, 0.25) is 0 Å². The first-order valence-corrected chi connectivity index (χ1v) is 9.74. The van der Waals surface area contributed by atoms with Gasteiger partial charge in [-0.3, -0.25) is 14.8 Å². The molecule has 0 aliphatic carbocycles. The van der Waals surface area contributed by atoms with Gasteiger partial charge in [-0.25, -0.2) is 4.98 Å². The van der Waals surface area contributed by atoms with Crippen LogP contribution in [0.15, 0.2) is 17.9 Å². The summed E-state index contributed by atoms with van der Waals surface area (Å²) in [4.78, 5) is 29.2. The van der Waals surface area contributed by atoms with E-state index >= 15 is 0 Å². The van der Waals surface area contributed by atoms with Gasteiger partial charge in [-0.1, -0.05) is 20.8 Å². The van der Waals surface area contributed by atoms with Crippen LogP contribution in [0.1, 0.15) is 45.0 Å². The predicted molar refractivity (Wildman–Crippen MR) is 100 cm³/mol. The highest BCUT2D eigenvalue weighted by molar-refractivity contribution is 7.13. The number of piperidine rings is 1. The minimum Gasteiger partial charge on any atom is -0.342 e. The highest BCUT2D eigenvalue weighted by atomic mass is 32.1. The number of thiazole rings is 1. The Balaban J connectivity index is 1.77. The van der Waals surface area contributed by atoms with Crippen molar-refractivity contribution >= 4 is 17.2 Å². The summed E-state index contributed by atoms with van der Waals surface area (Å²) in [6.07, 6.45) is 6.55. The van der Waals surface area contributed by atoms with E-state index in [0.717, 1.165) is 54.3 Å². The molecular weight excluding hydrogens is 332 g/mol. The zero-order valence-corrected chi connectivity index (χ0v) is 16.3. The van der Waals surface area contributed by atoms with Gasteiger partial charge in [0, 0.05) is 30.9 Å². The van der Waals surface area contributed by atoms with E-state index in [1.165, 1.54) is 0 Å². The van der Waals surface area contributed by atoms with Gasteiger partial charge in [-0.05, 0) is 32.1 Å². The number of carbonyl (C=O) groups excluding carboxylic acids is 1. The molecule has 1 aliphatic rings. The van der Waals surface area contributed by atoms with Crippen LogP contribution in [0.5, 0.6) is 0 Å². The molecule has 0 spiro atoms. The van der Waals surface area contributed by atoms with Crippen molar-refractivity contribution in [3.8, 4) is 10.6 Å². The van der Waals surface area contributed by atoms with E-state index in [1.54, 1.807) is 23.7 Å². The lowest BCUT2D eigenvalue weighted by molar-refractivity contribution is -0.141. The van der Waals surface area contributed by atoms with E-state index in [0.29, 0.717) is 5.92 Å². The predicted octanol–water partition coefficient (Wildman–Crippen LogP) is 3.74. The van der Waals surface area contributed by atoms with Gasteiger partial charge < -0.3 is 4.90 Å². The molecule has 0 radical (unpaired) electrons. The molecule has 5 nitrogen and oxygen atoms in total. The minimum atomic E-state index is -0.320. The summed E-state index contributed by atoms with van der Waals surface area (Å²) >= 11 is 1.61. The molecule has 3 heterocycles. The van der Waals surface area contributed by atoms with E-state index in [2.05, 4.69) is 15.0 Å². The Morgan fingerprint density at radius 2 is 2.04 bits per heavy atom. The van der Waals surface area contributed by atoms with Crippen molar-refractivity contribution in [2.45, 2.75) is 47.0 Å². The fraction of sp³-hybridized carbons (Fsp3) is 0.579. The van der Waals surface area contributed by atoms with Crippen LogP contribution in [0, 0.1) is 18.3 Å². The summed E-state index contributed by atoms with van der Waals surface area (Å²) in [6, 6.07) is 0. The van der Waals surface area contributed by atoms with E-state index in [1.807, 2.05) is 38.1 Å². The average Bonchev–Trinajstić information content (AvgIpc) is 3.00. The third kappa shape index (κ3) is 4.06. The van der Waals surface area contributed by atoms with Crippen LogP contribution in [0.4, 0.5) is 0 Å². The summed E-state index contributed by atoms with van der Waals surface area (Å²) in [5.41, 5.74) is 4.50. The Kier molecular flexibility index (Phi) is 5.18. The maximum Gasteiger partial charge on any atom is 0.227 e. The monoisotopic (exact) mass is 358 g/mol. The van der Waals surface area contributed by atoms with Crippen LogP contribution in [0.3, 0.4) is 0 Å². The molecule has 1 atom stereocenters. The van der Waals surface area contributed by atoms with Gasteiger partial charge in [0.15, 0.2) is 0 Å². The van der Waals surface area contributed by atoms with Crippen LogP contribution < -0.4 is 0 Å². The molecule has 1 fully saturated rings. The van der Waals surface area contributed by atoms with Gasteiger partial charge in [0.05, 0.1) is 21.8 Å². The first kappa shape index (κ1) is 18.0. The molecule has 2 aromatic heterocycles. The molecule has 1 aliphatic heterocycles. The van der Waals surface area contributed by atoms with Crippen molar-refractivity contribution in [3.05, 3.63) is 29.3 Å². The molecule has 3 rings (SSSR count). The number of likely N-dealkylation sites (tertiary alicyclic amines) is 1. The van der Waals surface area contributed by atoms with Crippen LogP contribution in [-0.4, -0.2) is 38.8 Å². The minimum absolute atomic E-state index is 0.245. The molecule has 25 heavy (non-hydrogen) atoms. The fourth-order valence-corrected chi connectivity index (χ4v) is 4.22. The topological polar surface area (TPSA) is 59.0 Å². The Hall–Kier alpha value is -1.82.